The second kappa shape index (κ2) is 14.6. The van der Waals surface area contributed by atoms with E-state index in [1.807, 2.05) is 89.2 Å². The quantitative estimate of drug-likeness (QED) is 0.225. The van der Waals surface area contributed by atoms with Crippen molar-refractivity contribution in [3.05, 3.63) is 65.7 Å². The molecule has 11 nitrogen and oxygen atoms in total. The fourth-order valence-corrected chi connectivity index (χ4v) is 9.22. The first kappa shape index (κ1) is 38.0. The van der Waals surface area contributed by atoms with Crippen LogP contribution in [-0.2, 0) is 56.0 Å². The van der Waals surface area contributed by atoms with Crippen LogP contribution in [0.25, 0.3) is 0 Å². The Kier molecular flexibility index (Phi) is 10.9. The van der Waals surface area contributed by atoms with Crippen LogP contribution in [0.5, 0.6) is 5.75 Å². The van der Waals surface area contributed by atoms with Crippen LogP contribution in [-0.4, -0.2) is 86.4 Å². The van der Waals surface area contributed by atoms with Gasteiger partial charge in [0.1, 0.15) is 36.6 Å². The summed E-state index contributed by atoms with van der Waals surface area (Å²) < 4.78 is 49.6. The summed E-state index contributed by atoms with van der Waals surface area (Å²) in [6.45, 7) is 9.64. The average Bonchev–Trinajstić information content (AvgIpc) is 3.44. The van der Waals surface area contributed by atoms with Crippen LogP contribution in [0.4, 0.5) is 0 Å². The number of aliphatic hydroxyl groups is 1. The highest BCUT2D eigenvalue weighted by atomic mass is 16.8. The van der Waals surface area contributed by atoms with E-state index in [4.69, 9.17) is 37.9 Å². The zero-order valence-electron chi connectivity index (χ0n) is 31.0. The highest BCUT2D eigenvalue weighted by Gasteiger charge is 2.74. The summed E-state index contributed by atoms with van der Waals surface area (Å²) >= 11 is 0. The van der Waals surface area contributed by atoms with E-state index in [-0.39, 0.29) is 57.6 Å². The lowest BCUT2D eigenvalue weighted by Gasteiger charge is -2.63. The van der Waals surface area contributed by atoms with Crippen molar-refractivity contribution in [2.24, 2.45) is 22.7 Å². The van der Waals surface area contributed by atoms with Crippen LogP contribution in [0.2, 0.25) is 0 Å². The lowest BCUT2D eigenvalue weighted by Crippen LogP contribution is -2.74. The first-order valence-electron chi connectivity index (χ1n) is 17.9. The molecule has 2 aromatic rings. The molecule has 3 saturated carbocycles. The molecule has 0 radical (unpaired) electrons. The molecule has 6 rings (SSSR count). The van der Waals surface area contributed by atoms with Crippen molar-refractivity contribution in [3.8, 4) is 5.75 Å². The van der Waals surface area contributed by atoms with Gasteiger partial charge in [0.15, 0.2) is 17.4 Å². The molecule has 4 fully saturated rings. The number of fused-ring (bicyclic) bond motifs is 4. The van der Waals surface area contributed by atoms with Crippen molar-refractivity contribution in [3.63, 3.8) is 0 Å². The predicted octanol–water partition coefficient (Wildman–Crippen LogP) is 5.39. The van der Waals surface area contributed by atoms with Crippen LogP contribution in [0, 0.1) is 22.7 Å². The third-order valence-electron chi connectivity index (χ3n) is 12.3. The Bertz CT molecular complexity index is 1530. The smallest absolute Gasteiger partial charge is 0.170 e. The van der Waals surface area contributed by atoms with E-state index in [1.54, 1.807) is 7.11 Å². The number of methoxy groups -OCH3 is 2. The number of carbonyl (C=O) groups is 2. The van der Waals surface area contributed by atoms with E-state index in [9.17, 15) is 9.90 Å². The molecule has 1 spiro atoms. The van der Waals surface area contributed by atoms with Gasteiger partial charge in [0, 0.05) is 37.2 Å². The van der Waals surface area contributed by atoms with Gasteiger partial charge in [-0.1, -0.05) is 56.3 Å². The minimum atomic E-state index is -1.81. The fourth-order valence-electron chi connectivity index (χ4n) is 9.22. The van der Waals surface area contributed by atoms with Gasteiger partial charge in [-0.05, 0) is 56.9 Å². The van der Waals surface area contributed by atoms with Crippen LogP contribution in [0.3, 0.4) is 0 Å². The molecule has 1 saturated heterocycles. The minimum absolute atomic E-state index is 0.0544. The third-order valence-corrected chi connectivity index (χ3v) is 12.3. The second-order valence-corrected chi connectivity index (χ2v) is 15.8. The maximum Gasteiger partial charge on any atom is 0.170 e. The summed E-state index contributed by atoms with van der Waals surface area (Å²) in [7, 11) is 3.12. The molecule has 1 unspecified atom stereocenters. The van der Waals surface area contributed by atoms with Crippen molar-refractivity contribution in [2.75, 3.05) is 34.4 Å². The zero-order valence-corrected chi connectivity index (χ0v) is 31.0. The molecule has 1 N–H and O–H groups in total. The Balaban J connectivity index is 1.44. The molecule has 51 heavy (non-hydrogen) atoms. The predicted molar refractivity (Wildman–Crippen MR) is 185 cm³/mol. The van der Waals surface area contributed by atoms with Gasteiger partial charge in [0.2, 0.25) is 0 Å². The largest absolute Gasteiger partial charge is 0.497 e. The molecule has 1 aliphatic heterocycles. The lowest BCUT2D eigenvalue weighted by molar-refractivity contribution is -0.289. The lowest BCUT2D eigenvalue weighted by atomic mass is 9.45. The molecule has 8 atom stereocenters. The molecule has 1 heterocycles. The van der Waals surface area contributed by atoms with Gasteiger partial charge in [-0.15, -0.1) is 0 Å². The normalized spacial score (nSPS) is 35.6. The van der Waals surface area contributed by atoms with Crippen LogP contribution in [0.15, 0.2) is 54.6 Å². The summed E-state index contributed by atoms with van der Waals surface area (Å²) in [5.41, 5.74) is -3.52. The number of benzene rings is 2. The second-order valence-electron chi connectivity index (χ2n) is 15.8. The average molecular weight is 711 g/mol. The highest BCUT2D eigenvalue weighted by Crippen LogP contribution is 2.63. The third kappa shape index (κ3) is 6.81. The monoisotopic (exact) mass is 710 g/mol. The number of ether oxygens (including phenoxy) is 8. The van der Waals surface area contributed by atoms with Crippen LogP contribution < -0.4 is 4.74 Å². The van der Waals surface area contributed by atoms with E-state index in [0.29, 0.717) is 13.0 Å². The molecule has 280 valence electrons. The van der Waals surface area contributed by atoms with Crippen LogP contribution in [0.1, 0.15) is 71.4 Å². The van der Waals surface area contributed by atoms with Gasteiger partial charge in [0.25, 0.3) is 0 Å². The van der Waals surface area contributed by atoms with E-state index in [0.717, 1.165) is 16.9 Å². The molecule has 4 aliphatic rings. The fraction of sp³-hybridized carbons (Fsp3) is 0.650. The molecular formula is C40H54O11. The summed E-state index contributed by atoms with van der Waals surface area (Å²) in [6.07, 6.45) is -1.71. The number of Topliss-reactive ketones (excluding diaryl/α,β-unsaturated/α-hetero) is 2. The van der Waals surface area contributed by atoms with Gasteiger partial charge in [0.05, 0.1) is 44.6 Å². The number of ketones is 2. The topological polar surface area (TPSA) is 128 Å². The van der Waals surface area contributed by atoms with Crippen molar-refractivity contribution >= 4 is 11.6 Å². The summed E-state index contributed by atoms with van der Waals surface area (Å²) in [5.74, 6) is -2.02. The number of carbonyl (C=O) groups excluding carboxylic acids is 2. The first-order valence-corrected chi connectivity index (χ1v) is 17.9. The molecule has 2 aromatic carbocycles. The number of hydrogen-bond donors (Lipinski definition) is 1. The zero-order chi connectivity index (χ0) is 36.7. The Morgan fingerprint density at radius 3 is 2.20 bits per heavy atom. The molecular weight excluding hydrogens is 656 g/mol. The van der Waals surface area contributed by atoms with Crippen LogP contribution >= 0.6 is 0 Å². The van der Waals surface area contributed by atoms with Gasteiger partial charge < -0.3 is 43.0 Å². The molecule has 0 amide bonds. The van der Waals surface area contributed by atoms with Crippen molar-refractivity contribution in [1.29, 1.82) is 0 Å². The molecule has 3 aliphatic carbocycles. The summed E-state index contributed by atoms with van der Waals surface area (Å²) in [6, 6.07) is 17.4. The Labute approximate surface area is 301 Å². The van der Waals surface area contributed by atoms with E-state index >= 15 is 4.79 Å². The van der Waals surface area contributed by atoms with E-state index in [2.05, 4.69) is 0 Å². The van der Waals surface area contributed by atoms with Crippen molar-refractivity contribution in [1.82, 2.24) is 0 Å². The van der Waals surface area contributed by atoms with Crippen molar-refractivity contribution in [2.45, 2.75) is 109 Å². The maximum atomic E-state index is 15.4. The van der Waals surface area contributed by atoms with Crippen molar-refractivity contribution < 1.29 is 52.6 Å². The van der Waals surface area contributed by atoms with Gasteiger partial charge >= 0.3 is 0 Å². The highest BCUT2D eigenvalue weighted by molar-refractivity contribution is 5.94. The first-order chi connectivity index (χ1) is 24.2. The van der Waals surface area contributed by atoms with Gasteiger partial charge in [-0.3, -0.25) is 9.59 Å². The SMILES string of the molecule is COCOC1C(=O)[C@]2(C)[C@@H](OCOCc3ccccc3)C[C@@H](OCc3ccc(OC)cc3)[C@@]3(COC(C)(C)O3)[C@H]2C[C@]2(O)C(=O)CC[C@H]1C2(C)C. The number of hydrogen-bond acceptors (Lipinski definition) is 11. The summed E-state index contributed by atoms with van der Waals surface area (Å²) in [4.78, 5) is 29.5. The molecule has 11 heteroatoms. The standard InChI is InChI=1S/C40H54O11/c1-36(2)29-17-18-31(41)40(36,43)20-30-38(5,35(42)34(29)49-24-44-6)32(48-25-46-21-26-11-9-8-10-12-26)19-33(39(30)23-50-37(3,4)51-39)47-22-27-13-15-28(45-7)16-14-27/h8-16,29-30,32-34,43H,17-25H2,1-7H3/t29-,30+,32+,33-,34?,38+,39-,40+/m1/s1. The van der Waals surface area contributed by atoms with Gasteiger partial charge in [-0.2, -0.15) is 0 Å². The maximum absolute atomic E-state index is 15.4. The Morgan fingerprint density at radius 1 is 0.843 bits per heavy atom. The number of rotatable bonds is 12. The summed E-state index contributed by atoms with van der Waals surface area (Å²) in [5, 5.41) is 12.8. The Hall–Kier alpha value is -2.74. The minimum Gasteiger partial charge on any atom is -0.497 e. The van der Waals surface area contributed by atoms with E-state index < -0.39 is 58.0 Å². The van der Waals surface area contributed by atoms with E-state index in [1.165, 1.54) is 7.11 Å². The Morgan fingerprint density at radius 2 is 1.55 bits per heavy atom. The molecule has 0 aromatic heterocycles. The molecule has 2 bridgehead atoms. The van der Waals surface area contributed by atoms with Gasteiger partial charge in [-0.25, -0.2) is 0 Å².